The molecule has 41 heavy (non-hydrogen) atoms. The summed E-state index contributed by atoms with van der Waals surface area (Å²) >= 11 is 0. The van der Waals surface area contributed by atoms with E-state index in [1.54, 1.807) is 26.0 Å². The van der Waals surface area contributed by atoms with Gasteiger partial charge in [0.1, 0.15) is 5.75 Å². The molecule has 0 saturated carbocycles. The molecule has 6 nitrogen and oxygen atoms in total. The summed E-state index contributed by atoms with van der Waals surface area (Å²) < 4.78 is 0. The summed E-state index contributed by atoms with van der Waals surface area (Å²) in [4.78, 5) is 35.8. The van der Waals surface area contributed by atoms with Crippen LogP contribution in [0.5, 0.6) is 5.75 Å². The number of phenols is 1. The third-order valence-electron chi connectivity index (χ3n) is 8.33. The molecule has 0 radical (unpaired) electrons. The number of para-hydroxylation sites is 1. The van der Waals surface area contributed by atoms with Crippen molar-refractivity contribution >= 4 is 11.6 Å². The lowest BCUT2D eigenvalue weighted by molar-refractivity contribution is 0.100. The third kappa shape index (κ3) is 4.84. The Balaban J connectivity index is 1.73. The molecule has 0 fully saturated rings. The summed E-state index contributed by atoms with van der Waals surface area (Å²) in [7, 11) is 0. The lowest BCUT2D eigenvalue weighted by Crippen LogP contribution is -2.10. The zero-order chi connectivity index (χ0) is 29.6. The van der Waals surface area contributed by atoms with Gasteiger partial charge in [0.05, 0.1) is 11.8 Å². The number of aromatic hydroxyl groups is 1. The molecule has 5 rings (SSSR count). The van der Waals surface area contributed by atoms with Gasteiger partial charge in [-0.1, -0.05) is 42.5 Å². The Labute approximate surface area is 240 Å². The van der Waals surface area contributed by atoms with Crippen LogP contribution in [-0.2, 0) is 0 Å². The predicted molar refractivity (Wildman–Crippen MR) is 163 cm³/mol. The molecule has 2 atom stereocenters. The second-order valence-electron chi connectivity index (χ2n) is 11.1. The van der Waals surface area contributed by atoms with E-state index in [0.29, 0.717) is 5.56 Å². The van der Waals surface area contributed by atoms with Crippen molar-refractivity contribution < 1.29 is 14.7 Å². The fraction of sp³-hybridized carbons (Fsp3) is 0.257. The van der Waals surface area contributed by atoms with Crippen LogP contribution in [0.1, 0.15) is 108 Å². The first-order chi connectivity index (χ1) is 19.5. The maximum absolute atomic E-state index is 12.5. The highest BCUT2D eigenvalue weighted by Crippen LogP contribution is 2.41. The predicted octanol–water partition coefficient (Wildman–Crippen LogP) is 7.68. The first-order valence-corrected chi connectivity index (χ1v) is 13.9. The van der Waals surface area contributed by atoms with Gasteiger partial charge in [-0.3, -0.25) is 9.59 Å². The van der Waals surface area contributed by atoms with Gasteiger partial charge in [0.2, 0.25) is 0 Å². The minimum absolute atomic E-state index is 0.00388. The van der Waals surface area contributed by atoms with E-state index in [-0.39, 0.29) is 29.2 Å². The highest BCUT2D eigenvalue weighted by molar-refractivity contribution is 5.97. The van der Waals surface area contributed by atoms with E-state index in [4.69, 9.17) is 0 Å². The molecule has 3 heterocycles. The van der Waals surface area contributed by atoms with Crippen molar-refractivity contribution in [3.05, 3.63) is 134 Å². The number of carbonyl (C=O) groups excluding carboxylic acids is 2. The summed E-state index contributed by atoms with van der Waals surface area (Å²) in [5.74, 6) is -0.322. The first kappa shape index (κ1) is 28.0. The van der Waals surface area contributed by atoms with Gasteiger partial charge < -0.3 is 20.1 Å². The Morgan fingerprint density at radius 1 is 0.610 bits per heavy atom. The van der Waals surface area contributed by atoms with Crippen LogP contribution in [0.4, 0.5) is 0 Å². The second kappa shape index (κ2) is 10.8. The average molecular weight is 548 g/mol. The van der Waals surface area contributed by atoms with Crippen molar-refractivity contribution in [2.75, 3.05) is 0 Å². The Morgan fingerprint density at radius 3 is 1.49 bits per heavy atom. The van der Waals surface area contributed by atoms with E-state index in [1.165, 1.54) is 0 Å². The molecule has 5 aromatic rings. The average Bonchev–Trinajstić information content (AvgIpc) is 3.58. The molecule has 0 aliphatic carbocycles. The molecule has 0 bridgehead atoms. The number of hydrogen-bond donors (Lipinski definition) is 4. The van der Waals surface area contributed by atoms with Crippen molar-refractivity contribution in [2.24, 2.45) is 0 Å². The molecule has 4 N–H and O–H groups in total. The number of aromatic amines is 3. The van der Waals surface area contributed by atoms with Crippen molar-refractivity contribution in [1.29, 1.82) is 0 Å². The van der Waals surface area contributed by atoms with Crippen molar-refractivity contribution in [3.63, 3.8) is 0 Å². The molecular formula is C35H37N3O3. The topological polar surface area (TPSA) is 102 Å². The molecule has 0 spiro atoms. The molecule has 0 aliphatic heterocycles. The monoisotopic (exact) mass is 547 g/mol. The first-order valence-electron chi connectivity index (χ1n) is 13.9. The number of benzene rings is 2. The summed E-state index contributed by atoms with van der Waals surface area (Å²) in [5, 5.41) is 11.0. The molecule has 2 unspecified atom stereocenters. The largest absolute Gasteiger partial charge is 0.508 e. The highest BCUT2D eigenvalue weighted by atomic mass is 16.3. The van der Waals surface area contributed by atoms with E-state index in [0.717, 1.165) is 67.5 Å². The van der Waals surface area contributed by atoms with Crippen LogP contribution in [0.25, 0.3) is 0 Å². The maximum atomic E-state index is 12.5. The lowest BCUT2D eigenvalue weighted by Gasteiger charge is -2.21. The van der Waals surface area contributed by atoms with Gasteiger partial charge in [-0.05, 0) is 88.9 Å². The van der Waals surface area contributed by atoms with E-state index in [9.17, 15) is 14.7 Å². The fourth-order valence-corrected chi connectivity index (χ4v) is 6.55. The molecule has 2 aromatic carbocycles. The van der Waals surface area contributed by atoms with Crippen LogP contribution in [0.3, 0.4) is 0 Å². The lowest BCUT2D eigenvalue weighted by atomic mass is 9.87. The van der Waals surface area contributed by atoms with Crippen molar-refractivity contribution in [1.82, 2.24) is 15.0 Å². The van der Waals surface area contributed by atoms with E-state index < -0.39 is 0 Å². The number of carbonyl (C=O) groups is 2. The number of phenolic OH excluding ortho intramolecular Hbond substituents is 1. The number of rotatable bonds is 8. The fourth-order valence-electron chi connectivity index (χ4n) is 6.55. The minimum atomic E-state index is -0.367. The Kier molecular flexibility index (Phi) is 7.35. The molecule has 0 saturated heterocycles. The Bertz CT molecular complexity index is 1650. The van der Waals surface area contributed by atoms with E-state index in [1.807, 2.05) is 52.0 Å². The number of Topliss-reactive ketones (excluding diaryl/α,β-unsaturated/α-hetero) is 2. The molecule has 210 valence electrons. The Hall–Kier alpha value is -4.58. The smallest absolute Gasteiger partial charge is 0.161 e. The SMILES string of the molecule is CC(=O)c1c(C)[nH]c(C(c2ccc(C(c3ccccc3O)c3[nH]c(C)c(C(C)=O)c3C)[nH]2)c2ccccc2C)c1C. The standard InChI is InChI=1S/C35H37N3O3/c1-18-12-8-9-13-25(18)32(34-19(2)30(23(6)39)21(4)36-34)27-16-17-28(38-27)33(26-14-10-11-15-29(26)41)35-20(3)31(24(7)40)22(5)37-35/h8-17,32-33,36-38,41H,1-7H3. The minimum Gasteiger partial charge on any atom is -0.508 e. The molecule has 3 aromatic heterocycles. The van der Waals surface area contributed by atoms with Gasteiger partial charge in [0.15, 0.2) is 11.6 Å². The second-order valence-corrected chi connectivity index (χ2v) is 11.1. The Morgan fingerprint density at radius 2 is 1.05 bits per heavy atom. The number of nitrogens with one attached hydrogen (secondary N) is 3. The molecule has 6 heteroatoms. The maximum Gasteiger partial charge on any atom is 0.161 e. The highest BCUT2D eigenvalue weighted by Gasteiger charge is 2.30. The summed E-state index contributed by atoms with van der Waals surface area (Å²) in [6.45, 7) is 13.1. The molecular weight excluding hydrogens is 510 g/mol. The number of aromatic nitrogens is 3. The van der Waals surface area contributed by atoms with Gasteiger partial charge in [0.25, 0.3) is 0 Å². The third-order valence-corrected chi connectivity index (χ3v) is 8.33. The molecule has 0 aliphatic rings. The normalized spacial score (nSPS) is 12.9. The number of aryl methyl sites for hydroxylation is 3. The van der Waals surface area contributed by atoms with Crippen LogP contribution >= 0.6 is 0 Å². The van der Waals surface area contributed by atoms with Gasteiger partial charge >= 0.3 is 0 Å². The van der Waals surface area contributed by atoms with Crippen molar-refractivity contribution in [2.45, 2.75) is 60.3 Å². The zero-order valence-corrected chi connectivity index (χ0v) is 24.7. The number of ketones is 2. The quantitative estimate of drug-likeness (QED) is 0.150. The van der Waals surface area contributed by atoms with Crippen LogP contribution in [-0.4, -0.2) is 31.6 Å². The van der Waals surface area contributed by atoms with Crippen LogP contribution < -0.4 is 0 Å². The number of hydrogen-bond acceptors (Lipinski definition) is 3. The summed E-state index contributed by atoms with van der Waals surface area (Å²) in [6.07, 6.45) is 0. The number of H-pyrrole nitrogens is 3. The van der Waals surface area contributed by atoms with Gasteiger partial charge in [-0.2, -0.15) is 0 Å². The summed E-state index contributed by atoms with van der Waals surface area (Å²) in [6, 6.07) is 19.7. The zero-order valence-electron chi connectivity index (χ0n) is 24.7. The molecule has 0 amide bonds. The van der Waals surface area contributed by atoms with E-state index in [2.05, 4.69) is 46.1 Å². The van der Waals surface area contributed by atoms with Gasteiger partial charge in [-0.25, -0.2) is 0 Å². The van der Waals surface area contributed by atoms with Crippen LogP contribution in [0.2, 0.25) is 0 Å². The van der Waals surface area contributed by atoms with Gasteiger partial charge in [-0.15, -0.1) is 0 Å². The van der Waals surface area contributed by atoms with Crippen molar-refractivity contribution in [3.8, 4) is 5.75 Å². The van der Waals surface area contributed by atoms with Crippen LogP contribution in [0, 0.1) is 34.6 Å². The van der Waals surface area contributed by atoms with Crippen LogP contribution in [0.15, 0.2) is 60.7 Å². The summed E-state index contributed by atoms with van der Waals surface area (Å²) in [5.41, 5.74) is 11.6. The van der Waals surface area contributed by atoms with E-state index >= 15 is 0 Å². The van der Waals surface area contributed by atoms with Gasteiger partial charge in [0, 0.05) is 50.9 Å².